The van der Waals surface area contributed by atoms with Crippen molar-refractivity contribution in [2.75, 3.05) is 22.1 Å². The van der Waals surface area contributed by atoms with Crippen LogP contribution in [0.1, 0.15) is 31.8 Å². The number of carbonyl (C=O) groups excluding carboxylic acids is 2. The first-order valence-corrected chi connectivity index (χ1v) is 13.7. The molecule has 4 aromatic carbocycles. The van der Waals surface area contributed by atoms with Crippen LogP contribution in [-0.2, 0) is 0 Å². The van der Waals surface area contributed by atoms with Crippen LogP contribution in [0.25, 0.3) is 21.9 Å². The zero-order valence-electron chi connectivity index (χ0n) is 24.1. The molecule has 0 unspecified atom stereocenters. The number of nitrogen functional groups attached to an aromatic ring is 2. The van der Waals surface area contributed by atoms with Crippen LogP contribution in [0.2, 0.25) is 0 Å². The molecule has 0 radical (unpaired) electrons. The van der Waals surface area contributed by atoms with Gasteiger partial charge in [0.1, 0.15) is 34.0 Å². The second-order valence-corrected chi connectivity index (χ2v) is 10.3. The summed E-state index contributed by atoms with van der Waals surface area (Å²) in [5, 5.41) is 6.40. The van der Waals surface area contributed by atoms with Crippen molar-refractivity contribution >= 4 is 56.5 Å². The molecule has 6 aromatic rings. The normalized spacial score (nSPS) is 11.0. The number of para-hydroxylation sites is 2. The number of hydrogen-bond donors (Lipinski definition) is 4. The van der Waals surface area contributed by atoms with Crippen LogP contribution >= 0.6 is 0 Å². The van der Waals surface area contributed by atoms with Crippen LogP contribution in [0.5, 0.6) is 11.5 Å². The highest BCUT2D eigenvalue weighted by Crippen LogP contribution is 2.32. The number of benzene rings is 4. The van der Waals surface area contributed by atoms with Crippen molar-refractivity contribution in [3.63, 3.8) is 0 Å². The third kappa shape index (κ3) is 5.45. The molecule has 0 atom stereocenters. The maximum Gasteiger partial charge on any atom is 0.360 e. The molecule has 45 heavy (non-hydrogen) atoms. The van der Waals surface area contributed by atoms with Gasteiger partial charge in [0.05, 0.1) is 11.1 Å². The fraction of sp³-hybridized carbons (Fsp3) is 0.0588. The van der Waals surface area contributed by atoms with Gasteiger partial charge in [-0.25, -0.2) is 9.59 Å². The topological polar surface area (TPSA) is 180 Å². The van der Waals surface area contributed by atoms with Gasteiger partial charge in [0.25, 0.3) is 11.8 Å². The minimum atomic E-state index is -0.735. The van der Waals surface area contributed by atoms with E-state index in [9.17, 15) is 19.2 Å². The Morgan fingerprint density at radius 2 is 1.02 bits per heavy atom. The van der Waals surface area contributed by atoms with Gasteiger partial charge in [-0.05, 0) is 73.5 Å². The van der Waals surface area contributed by atoms with Crippen LogP contribution in [0.3, 0.4) is 0 Å². The molecule has 11 nitrogen and oxygen atoms in total. The lowest BCUT2D eigenvalue weighted by Gasteiger charge is -2.13. The van der Waals surface area contributed by atoms with Gasteiger partial charge in [0.2, 0.25) is 0 Å². The molecular weight excluding hydrogens is 576 g/mol. The number of nitrogens with two attached hydrogens (primary N) is 2. The van der Waals surface area contributed by atoms with Gasteiger partial charge >= 0.3 is 11.3 Å². The lowest BCUT2D eigenvalue weighted by molar-refractivity contribution is 0.101. The van der Waals surface area contributed by atoms with E-state index in [1.54, 1.807) is 98.8 Å². The number of aryl methyl sites for hydroxylation is 2. The molecule has 0 aliphatic rings. The summed E-state index contributed by atoms with van der Waals surface area (Å²) in [6.45, 7) is 3.39. The molecule has 0 bridgehead atoms. The SMILES string of the molecule is Cc1c(NC(=O)c2ccccc2N)c(=O)oc2cc(Oc3ccc4c(C)c(NC(=O)c5ccccc5N)c(=O)oc4c3)ccc12. The maximum absolute atomic E-state index is 12.8. The Labute approximate surface area is 255 Å². The largest absolute Gasteiger partial charge is 0.457 e. The number of hydrogen-bond acceptors (Lipinski definition) is 9. The van der Waals surface area contributed by atoms with Crippen molar-refractivity contribution in [1.82, 2.24) is 0 Å². The number of ether oxygens (including phenoxy) is 1. The van der Waals surface area contributed by atoms with Gasteiger partial charge in [-0.2, -0.15) is 0 Å². The lowest BCUT2D eigenvalue weighted by Crippen LogP contribution is -2.20. The average Bonchev–Trinajstić information content (AvgIpc) is 3.01. The number of nitrogens with one attached hydrogen (secondary N) is 2. The summed E-state index contributed by atoms with van der Waals surface area (Å²) >= 11 is 0. The van der Waals surface area contributed by atoms with E-state index in [2.05, 4.69) is 10.6 Å². The monoisotopic (exact) mass is 602 g/mol. The molecule has 6 rings (SSSR count). The fourth-order valence-corrected chi connectivity index (χ4v) is 4.99. The minimum Gasteiger partial charge on any atom is -0.457 e. The Morgan fingerprint density at radius 3 is 1.42 bits per heavy atom. The van der Waals surface area contributed by atoms with Gasteiger partial charge in [-0.15, -0.1) is 0 Å². The van der Waals surface area contributed by atoms with Gasteiger partial charge in [0, 0.05) is 34.3 Å². The van der Waals surface area contributed by atoms with Gasteiger partial charge in [0.15, 0.2) is 0 Å². The van der Waals surface area contributed by atoms with Crippen LogP contribution in [-0.4, -0.2) is 11.8 Å². The highest BCUT2D eigenvalue weighted by atomic mass is 16.5. The van der Waals surface area contributed by atoms with E-state index in [1.165, 1.54) is 0 Å². The quantitative estimate of drug-likeness (QED) is 0.132. The van der Waals surface area contributed by atoms with Crippen molar-refractivity contribution in [3.8, 4) is 11.5 Å². The van der Waals surface area contributed by atoms with E-state index in [0.29, 0.717) is 33.4 Å². The van der Waals surface area contributed by atoms with Crippen molar-refractivity contribution in [2.45, 2.75) is 13.8 Å². The van der Waals surface area contributed by atoms with E-state index in [4.69, 9.17) is 25.0 Å². The molecule has 0 saturated heterocycles. The second kappa shape index (κ2) is 11.4. The van der Waals surface area contributed by atoms with E-state index < -0.39 is 23.1 Å². The van der Waals surface area contributed by atoms with Gasteiger partial charge in [-0.1, -0.05) is 24.3 Å². The first-order valence-electron chi connectivity index (χ1n) is 13.7. The zero-order chi connectivity index (χ0) is 31.8. The minimum absolute atomic E-state index is 0.00662. The predicted molar refractivity (Wildman–Crippen MR) is 172 cm³/mol. The molecule has 0 aliphatic carbocycles. The molecule has 6 N–H and O–H groups in total. The smallest absolute Gasteiger partial charge is 0.360 e. The molecule has 224 valence electrons. The summed E-state index contributed by atoms with van der Waals surface area (Å²) in [4.78, 5) is 51.2. The summed E-state index contributed by atoms with van der Waals surface area (Å²) < 4.78 is 17.0. The van der Waals surface area contributed by atoms with Crippen molar-refractivity contribution < 1.29 is 23.2 Å². The standard InChI is InChI=1S/C34H26N4O7/c1-17-21-13-11-19(15-27(21)44-33(41)29(17)37-31(39)23-7-3-5-9-25(23)35)43-20-12-14-22-18(2)30(34(42)45-28(22)16-20)38-32(40)24-8-4-6-10-26(24)36/h3-16H,35-36H2,1-2H3,(H,37,39)(H,38,40). The summed E-state index contributed by atoms with van der Waals surface area (Å²) in [6, 6.07) is 22.9. The highest BCUT2D eigenvalue weighted by molar-refractivity contribution is 6.09. The number of fused-ring (bicyclic) bond motifs is 2. The van der Waals surface area contributed by atoms with Crippen LogP contribution < -0.4 is 38.1 Å². The number of amides is 2. The summed E-state index contributed by atoms with van der Waals surface area (Å²) in [6.07, 6.45) is 0. The molecular formula is C34H26N4O7. The molecule has 11 heteroatoms. The fourth-order valence-electron chi connectivity index (χ4n) is 4.99. The molecule has 2 amide bonds. The second-order valence-electron chi connectivity index (χ2n) is 10.3. The lowest BCUT2D eigenvalue weighted by atomic mass is 10.1. The Morgan fingerprint density at radius 1 is 0.622 bits per heavy atom. The Bertz CT molecular complexity index is 2130. The molecule has 2 aromatic heterocycles. The Kier molecular flexibility index (Phi) is 7.27. The van der Waals surface area contributed by atoms with Crippen molar-refractivity contribution in [3.05, 3.63) is 128 Å². The number of rotatable bonds is 6. The molecule has 0 fully saturated rings. The Hall–Kier alpha value is -6.36. The summed E-state index contributed by atoms with van der Waals surface area (Å²) in [5.41, 5.74) is 12.9. The first kappa shape index (κ1) is 28.7. The third-order valence-corrected chi connectivity index (χ3v) is 7.40. The van der Waals surface area contributed by atoms with Crippen LogP contribution in [0.4, 0.5) is 22.7 Å². The Balaban J connectivity index is 1.26. The highest BCUT2D eigenvalue weighted by Gasteiger charge is 2.19. The summed E-state index contributed by atoms with van der Waals surface area (Å²) in [5.74, 6) is -0.365. The molecule has 0 spiro atoms. The number of carbonyl (C=O) groups is 2. The average molecular weight is 603 g/mol. The molecule has 2 heterocycles. The van der Waals surface area contributed by atoms with Gasteiger partial charge in [-0.3, -0.25) is 9.59 Å². The third-order valence-electron chi connectivity index (χ3n) is 7.40. The van der Waals surface area contributed by atoms with Gasteiger partial charge < -0.3 is 35.7 Å². The first-order chi connectivity index (χ1) is 21.6. The van der Waals surface area contributed by atoms with Crippen LogP contribution in [0.15, 0.2) is 103 Å². The van der Waals surface area contributed by atoms with E-state index in [0.717, 1.165) is 0 Å². The molecule has 0 saturated carbocycles. The van der Waals surface area contributed by atoms with E-state index in [1.807, 2.05) is 0 Å². The van der Waals surface area contributed by atoms with Crippen LogP contribution in [0, 0.1) is 13.8 Å². The zero-order valence-corrected chi connectivity index (χ0v) is 24.1. The van der Waals surface area contributed by atoms with E-state index in [-0.39, 0.29) is 45.0 Å². The summed E-state index contributed by atoms with van der Waals surface area (Å²) in [7, 11) is 0. The van der Waals surface area contributed by atoms with Crippen molar-refractivity contribution in [2.24, 2.45) is 0 Å². The maximum atomic E-state index is 12.8. The van der Waals surface area contributed by atoms with E-state index >= 15 is 0 Å². The molecule has 0 aliphatic heterocycles. The number of anilines is 4. The van der Waals surface area contributed by atoms with Crippen molar-refractivity contribution in [1.29, 1.82) is 0 Å². The predicted octanol–water partition coefficient (Wildman–Crippen LogP) is 5.98.